The minimum absolute atomic E-state index is 0.00980. The molecule has 19 heteroatoms. The Hall–Kier alpha value is -2.88. The Balaban J connectivity index is 2.22. The number of hydrogen-bond acceptors (Lipinski definition) is 15. The molecule has 0 aliphatic rings. The van der Waals surface area contributed by atoms with Gasteiger partial charge < -0.3 is 22.1 Å². The van der Waals surface area contributed by atoms with E-state index in [0.717, 1.165) is 18.2 Å². The molecule has 0 bridgehead atoms. The van der Waals surface area contributed by atoms with Gasteiger partial charge >= 0.3 is 0 Å². The lowest BCUT2D eigenvalue weighted by molar-refractivity contribution is -0.432. The Morgan fingerprint density at radius 1 is 0.971 bits per heavy atom. The number of nitrogens with one attached hydrogen (secondary N) is 2. The van der Waals surface area contributed by atoms with E-state index in [9.17, 15) is 25.9 Å². The van der Waals surface area contributed by atoms with Crippen LogP contribution in [-0.4, -0.2) is 59.2 Å². The number of benzene rings is 2. The molecule has 1 heterocycles. The molecule has 0 aliphatic carbocycles. The summed E-state index contributed by atoms with van der Waals surface area (Å²) in [6.07, 6.45) is 0. The van der Waals surface area contributed by atoms with Crippen molar-refractivity contribution in [2.24, 2.45) is 5.73 Å². The molecule has 2 aromatic carbocycles. The van der Waals surface area contributed by atoms with Gasteiger partial charge in [-0.3, -0.25) is 9.11 Å². The van der Waals surface area contributed by atoms with Gasteiger partial charge in [-0.05, 0) is 24.3 Å². The van der Waals surface area contributed by atoms with Crippen molar-refractivity contribution in [1.82, 2.24) is 15.0 Å². The summed E-state index contributed by atoms with van der Waals surface area (Å²) >= 11 is 0.293. The average Bonchev–Trinajstić information content (AvgIpc) is 2.73. The molecule has 0 saturated carbocycles. The molecular weight excluding hydrogens is 518 g/mol. The first-order valence-corrected chi connectivity index (χ1v) is 12.5. The van der Waals surface area contributed by atoms with Gasteiger partial charge in [-0.15, -0.1) is 4.33 Å². The zero-order valence-corrected chi connectivity index (χ0v) is 19.2. The summed E-state index contributed by atoms with van der Waals surface area (Å²) in [4.78, 5) is 10.3. The summed E-state index contributed by atoms with van der Waals surface area (Å²) in [7, 11) is -9.72. The molecule has 0 fully saturated rings. The Morgan fingerprint density at radius 3 is 2.29 bits per heavy atom. The standard InChI is InChI=1S/C15H17N7O9S3/c16-1-2-18-14-20-13(17)21-15(22-14)19-7-3-9-10(12(4-7)34(27,28)29)5-8(33(24,25)26)6-11(9)32-31-30-23/h3-6,23H,1-2,16H2,(H,24,25,26)(H,27,28,29)(H4,17,18,19,20,21,22). The van der Waals surface area contributed by atoms with Gasteiger partial charge in [-0.2, -0.15) is 31.8 Å². The maximum atomic E-state index is 12.1. The minimum Gasteiger partial charge on any atom is -0.368 e. The molecule has 0 radical (unpaired) electrons. The zero-order chi connectivity index (χ0) is 25.1. The second kappa shape index (κ2) is 10.2. The molecule has 0 spiro atoms. The molecule has 0 unspecified atom stereocenters. The van der Waals surface area contributed by atoms with Crippen LogP contribution in [0.15, 0.2) is 39.0 Å². The number of nitrogens with two attached hydrogens (primary N) is 2. The van der Waals surface area contributed by atoms with Crippen LogP contribution in [-0.2, 0) is 29.6 Å². The predicted molar refractivity (Wildman–Crippen MR) is 119 cm³/mol. The number of fused-ring (bicyclic) bond motifs is 1. The fourth-order valence-corrected chi connectivity index (χ4v) is 4.63. The van der Waals surface area contributed by atoms with Crippen LogP contribution in [0.3, 0.4) is 0 Å². The molecule has 184 valence electrons. The maximum Gasteiger partial charge on any atom is 0.295 e. The smallest absolute Gasteiger partial charge is 0.295 e. The van der Waals surface area contributed by atoms with Crippen molar-refractivity contribution in [3.05, 3.63) is 24.3 Å². The monoisotopic (exact) mass is 535 g/mol. The van der Waals surface area contributed by atoms with Crippen LogP contribution in [0.5, 0.6) is 0 Å². The lowest BCUT2D eigenvalue weighted by Gasteiger charge is -2.14. The second-order valence-electron chi connectivity index (χ2n) is 6.35. The molecule has 9 N–H and O–H groups in total. The lowest BCUT2D eigenvalue weighted by Crippen LogP contribution is -2.16. The van der Waals surface area contributed by atoms with Crippen LogP contribution in [0.4, 0.5) is 23.5 Å². The fraction of sp³-hybridized carbons (Fsp3) is 0.133. The van der Waals surface area contributed by atoms with Crippen LogP contribution in [0.25, 0.3) is 10.8 Å². The van der Waals surface area contributed by atoms with Crippen LogP contribution in [0, 0.1) is 0 Å². The average molecular weight is 536 g/mol. The molecule has 34 heavy (non-hydrogen) atoms. The molecule has 3 rings (SSSR count). The Bertz CT molecular complexity index is 1440. The van der Waals surface area contributed by atoms with Crippen molar-refractivity contribution in [3.63, 3.8) is 0 Å². The highest BCUT2D eigenvalue weighted by molar-refractivity contribution is 7.94. The fourth-order valence-electron chi connectivity index (χ4n) is 2.77. The first-order chi connectivity index (χ1) is 15.9. The van der Waals surface area contributed by atoms with E-state index in [1.807, 2.05) is 0 Å². The largest absolute Gasteiger partial charge is 0.368 e. The van der Waals surface area contributed by atoms with Gasteiger partial charge in [0, 0.05) is 34.4 Å². The summed E-state index contributed by atoms with van der Waals surface area (Å²) in [6, 6.07) is 4.05. The third-order valence-electron chi connectivity index (χ3n) is 4.03. The highest BCUT2D eigenvalue weighted by Crippen LogP contribution is 2.37. The normalized spacial score (nSPS) is 12.1. The molecule has 1 aromatic heterocycles. The molecule has 0 amide bonds. The number of nitrogens with zero attached hydrogens (tertiary/aromatic N) is 3. The van der Waals surface area contributed by atoms with Crippen molar-refractivity contribution in [2.75, 3.05) is 29.5 Å². The van der Waals surface area contributed by atoms with Gasteiger partial charge in [0.25, 0.3) is 20.2 Å². The third-order valence-corrected chi connectivity index (χ3v) is 6.40. The summed E-state index contributed by atoms with van der Waals surface area (Å²) in [5.41, 5.74) is 11.1. The molecule has 3 aromatic rings. The van der Waals surface area contributed by atoms with Crippen LogP contribution in [0.1, 0.15) is 0 Å². The Morgan fingerprint density at radius 2 is 1.68 bits per heavy atom. The molecular formula is C15H17N7O9S3. The van der Waals surface area contributed by atoms with E-state index in [1.54, 1.807) is 0 Å². The van der Waals surface area contributed by atoms with E-state index >= 15 is 0 Å². The molecule has 16 nitrogen and oxygen atoms in total. The minimum atomic E-state index is -4.92. The number of aromatic nitrogens is 3. The maximum absolute atomic E-state index is 12.1. The van der Waals surface area contributed by atoms with Gasteiger partial charge in [-0.25, -0.2) is 5.26 Å². The quantitative estimate of drug-likeness (QED) is 0.0812. The van der Waals surface area contributed by atoms with Gasteiger partial charge in [-0.1, -0.05) is 5.04 Å². The van der Waals surface area contributed by atoms with E-state index in [0.29, 0.717) is 18.6 Å². The van der Waals surface area contributed by atoms with Crippen molar-refractivity contribution in [3.8, 4) is 0 Å². The zero-order valence-electron chi connectivity index (χ0n) is 16.7. The lowest BCUT2D eigenvalue weighted by atomic mass is 10.1. The second-order valence-corrected chi connectivity index (χ2v) is 9.90. The molecule has 0 atom stereocenters. The van der Waals surface area contributed by atoms with E-state index in [2.05, 4.69) is 35.0 Å². The molecule has 0 aliphatic heterocycles. The van der Waals surface area contributed by atoms with Crippen LogP contribution in [0.2, 0.25) is 0 Å². The van der Waals surface area contributed by atoms with E-state index in [-0.39, 0.29) is 45.7 Å². The number of hydrogen-bond donors (Lipinski definition) is 7. The van der Waals surface area contributed by atoms with Gasteiger partial charge in [0.05, 0.1) is 16.9 Å². The van der Waals surface area contributed by atoms with E-state index in [1.165, 1.54) is 6.07 Å². The SMILES string of the molecule is NCCNc1nc(N)nc(Nc2cc(S(=O)(=O)O)c3cc(S(=O)(=O)O)cc(SOOO)c3c2)n1. The Kier molecular flexibility index (Phi) is 7.70. The van der Waals surface area contributed by atoms with Gasteiger partial charge in [0.2, 0.25) is 17.8 Å². The Labute approximate surface area is 196 Å². The van der Waals surface area contributed by atoms with Crippen LogP contribution < -0.4 is 22.1 Å². The first-order valence-electron chi connectivity index (χ1n) is 8.86. The topological polar surface area (TPSA) is 262 Å². The van der Waals surface area contributed by atoms with E-state index in [4.69, 9.17) is 16.7 Å². The number of anilines is 4. The summed E-state index contributed by atoms with van der Waals surface area (Å²) < 4.78 is 71.1. The molecule has 0 saturated heterocycles. The van der Waals surface area contributed by atoms with Crippen molar-refractivity contribution >= 4 is 66.6 Å². The highest BCUT2D eigenvalue weighted by atomic mass is 32.2. The number of nitrogen functional groups attached to an aromatic ring is 1. The van der Waals surface area contributed by atoms with Crippen molar-refractivity contribution in [2.45, 2.75) is 14.7 Å². The van der Waals surface area contributed by atoms with Crippen molar-refractivity contribution in [1.29, 1.82) is 0 Å². The van der Waals surface area contributed by atoms with Gasteiger partial charge in [0.15, 0.2) is 0 Å². The van der Waals surface area contributed by atoms with Gasteiger partial charge in [0.1, 0.15) is 4.90 Å². The summed E-state index contributed by atoms with van der Waals surface area (Å²) in [5.74, 6) is -0.194. The summed E-state index contributed by atoms with van der Waals surface area (Å²) in [5, 5.41) is 17.2. The third kappa shape index (κ3) is 6.16. The highest BCUT2D eigenvalue weighted by Gasteiger charge is 2.22. The summed E-state index contributed by atoms with van der Waals surface area (Å²) in [6.45, 7) is 0.609. The van der Waals surface area contributed by atoms with Crippen LogP contribution >= 0.6 is 12.0 Å². The predicted octanol–water partition coefficient (Wildman–Crippen LogP) is 0.643. The van der Waals surface area contributed by atoms with E-state index < -0.39 is 30.0 Å². The number of rotatable bonds is 10. The van der Waals surface area contributed by atoms with Crippen molar-refractivity contribution < 1.29 is 40.6 Å². The first kappa shape index (κ1) is 25.7.